The SMILES string of the molecule is Cc1cc(Nc2cc(C(F)(F)F)ccn2)nc(-c2cnc([C@]3(O)CCCc4cc(OB(O)O)ccc43)s2)c1. The lowest BCUT2D eigenvalue weighted by Gasteiger charge is -2.33. The Morgan fingerprint density at radius 1 is 1.08 bits per heavy atom. The molecule has 1 aliphatic carbocycles. The van der Waals surface area contributed by atoms with E-state index in [0.717, 1.165) is 29.5 Å². The average Bonchev–Trinajstić information content (AvgIpc) is 3.34. The second-order valence-corrected chi connectivity index (χ2v) is 10.0. The van der Waals surface area contributed by atoms with E-state index in [9.17, 15) is 18.3 Å². The summed E-state index contributed by atoms with van der Waals surface area (Å²) in [6, 6.07) is 10.3. The van der Waals surface area contributed by atoms with Crippen LogP contribution in [0.4, 0.5) is 24.8 Å². The quantitative estimate of drug-likeness (QED) is 0.261. The molecule has 0 aliphatic heterocycles. The molecule has 13 heteroatoms. The maximum atomic E-state index is 13.1. The molecule has 0 radical (unpaired) electrons. The summed E-state index contributed by atoms with van der Waals surface area (Å²) in [5, 5.41) is 33.2. The molecule has 0 bridgehead atoms. The highest BCUT2D eigenvalue weighted by atomic mass is 32.1. The van der Waals surface area contributed by atoms with Crippen molar-refractivity contribution < 1.29 is 33.0 Å². The highest BCUT2D eigenvalue weighted by Gasteiger charge is 2.39. The number of fused-ring (bicyclic) bond motifs is 1. The lowest BCUT2D eigenvalue weighted by atomic mass is 9.79. The van der Waals surface area contributed by atoms with Crippen molar-refractivity contribution in [2.24, 2.45) is 0 Å². The fourth-order valence-electron chi connectivity index (χ4n) is 4.51. The number of hydrogen-bond donors (Lipinski definition) is 4. The van der Waals surface area contributed by atoms with Gasteiger partial charge in [0.15, 0.2) is 0 Å². The van der Waals surface area contributed by atoms with Crippen LogP contribution in [-0.4, -0.2) is 37.4 Å². The lowest BCUT2D eigenvalue weighted by Crippen LogP contribution is -2.32. The molecule has 1 aromatic carbocycles. The topological polar surface area (TPSA) is 121 Å². The van der Waals surface area contributed by atoms with Gasteiger partial charge in [0.05, 0.1) is 16.1 Å². The molecular weight excluding hydrogens is 520 g/mol. The molecule has 0 fully saturated rings. The Labute approximate surface area is 220 Å². The number of aryl methyl sites for hydroxylation is 2. The molecule has 0 saturated carbocycles. The second-order valence-electron chi connectivity index (χ2n) is 8.97. The maximum absolute atomic E-state index is 13.1. The van der Waals surface area contributed by atoms with Crippen molar-refractivity contribution in [3.63, 3.8) is 0 Å². The van der Waals surface area contributed by atoms with E-state index >= 15 is 0 Å². The summed E-state index contributed by atoms with van der Waals surface area (Å²) in [7, 11) is -1.94. The van der Waals surface area contributed by atoms with Crippen LogP contribution in [0.5, 0.6) is 5.75 Å². The van der Waals surface area contributed by atoms with E-state index in [1.54, 1.807) is 30.5 Å². The summed E-state index contributed by atoms with van der Waals surface area (Å²) in [6.45, 7) is 1.84. The normalized spacial score (nSPS) is 17.1. The van der Waals surface area contributed by atoms with Gasteiger partial charge in [-0.05, 0) is 79.3 Å². The zero-order valence-electron chi connectivity index (χ0n) is 20.0. The van der Waals surface area contributed by atoms with Crippen molar-refractivity contribution in [2.75, 3.05) is 5.32 Å². The molecule has 0 spiro atoms. The molecule has 3 aromatic heterocycles. The number of alkyl halides is 3. The Kier molecular flexibility index (Phi) is 6.86. The van der Waals surface area contributed by atoms with E-state index in [2.05, 4.69) is 20.3 Å². The van der Waals surface area contributed by atoms with E-state index < -0.39 is 24.7 Å². The van der Waals surface area contributed by atoms with Crippen LogP contribution in [-0.2, 0) is 18.2 Å². The minimum atomic E-state index is -4.49. The van der Waals surface area contributed by atoms with Crippen LogP contribution in [0.3, 0.4) is 0 Å². The first-order valence-corrected chi connectivity index (χ1v) is 12.5. The van der Waals surface area contributed by atoms with Gasteiger partial charge >= 0.3 is 13.5 Å². The van der Waals surface area contributed by atoms with Gasteiger partial charge in [-0.3, -0.25) is 0 Å². The second kappa shape index (κ2) is 9.99. The molecule has 3 heterocycles. The van der Waals surface area contributed by atoms with Gasteiger partial charge in [-0.25, -0.2) is 15.0 Å². The number of aliphatic hydroxyl groups is 1. The zero-order chi connectivity index (χ0) is 27.1. The van der Waals surface area contributed by atoms with Crippen molar-refractivity contribution in [1.29, 1.82) is 0 Å². The predicted octanol–water partition coefficient (Wildman–Crippen LogP) is 4.59. The summed E-state index contributed by atoms with van der Waals surface area (Å²) in [5.74, 6) is 0.614. The summed E-state index contributed by atoms with van der Waals surface area (Å²) < 4.78 is 44.2. The maximum Gasteiger partial charge on any atom is 0.707 e. The molecule has 4 aromatic rings. The van der Waals surface area contributed by atoms with Crippen LogP contribution in [0.15, 0.2) is 54.9 Å². The Balaban J connectivity index is 1.44. The van der Waals surface area contributed by atoms with Gasteiger partial charge in [-0.2, -0.15) is 13.2 Å². The molecule has 1 aliphatic rings. The first kappa shape index (κ1) is 26.1. The van der Waals surface area contributed by atoms with E-state index in [4.69, 9.17) is 14.7 Å². The first-order valence-electron chi connectivity index (χ1n) is 11.7. The van der Waals surface area contributed by atoms with Crippen molar-refractivity contribution in [2.45, 2.75) is 38.0 Å². The molecule has 0 amide bonds. The Morgan fingerprint density at radius 2 is 1.89 bits per heavy atom. The monoisotopic (exact) mass is 542 g/mol. The number of hydrogen-bond acceptors (Lipinski definition) is 9. The Morgan fingerprint density at radius 3 is 2.66 bits per heavy atom. The molecular formula is C25H22BF3N4O4S. The standard InChI is InChI=1S/C25H22BF3N4O4S/c1-14-9-19(32-22(10-14)33-21-12-16(6-8-30-21)25(27,28)29)20-13-31-23(38-20)24(34)7-2-3-15-11-17(37-26(35)36)4-5-18(15)24/h4-6,8-13,34-36H,2-3,7H2,1H3,(H,30,32,33)/t24-/m0/s1. The van der Waals surface area contributed by atoms with Crippen LogP contribution in [0.1, 0.15) is 40.1 Å². The van der Waals surface area contributed by atoms with Crippen LogP contribution in [0.2, 0.25) is 0 Å². The van der Waals surface area contributed by atoms with Gasteiger partial charge in [-0.15, -0.1) is 11.3 Å². The van der Waals surface area contributed by atoms with Gasteiger partial charge < -0.3 is 25.1 Å². The fraction of sp³-hybridized carbons (Fsp3) is 0.240. The van der Waals surface area contributed by atoms with E-state index in [0.29, 0.717) is 46.2 Å². The third-order valence-corrected chi connectivity index (χ3v) is 7.34. The van der Waals surface area contributed by atoms with Crippen LogP contribution >= 0.6 is 11.3 Å². The first-order chi connectivity index (χ1) is 18.0. The number of aromatic nitrogens is 3. The van der Waals surface area contributed by atoms with Crippen LogP contribution < -0.4 is 9.97 Å². The highest BCUT2D eigenvalue weighted by Crippen LogP contribution is 2.44. The number of rotatable bonds is 6. The molecule has 0 unspecified atom stereocenters. The molecule has 1 atom stereocenters. The summed E-state index contributed by atoms with van der Waals surface area (Å²) in [5.41, 5.74) is 0.687. The number of anilines is 2. The lowest BCUT2D eigenvalue weighted by molar-refractivity contribution is -0.137. The van der Waals surface area contributed by atoms with Crippen molar-refractivity contribution >= 4 is 30.3 Å². The minimum Gasteiger partial charge on any atom is -0.512 e. The van der Waals surface area contributed by atoms with Gasteiger partial charge in [0.25, 0.3) is 0 Å². The third-order valence-electron chi connectivity index (χ3n) is 6.17. The summed E-state index contributed by atoms with van der Waals surface area (Å²) in [6.07, 6.45) is 0.0270. The van der Waals surface area contributed by atoms with Crippen LogP contribution in [0.25, 0.3) is 10.6 Å². The van der Waals surface area contributed by atoms with Gasteiger partial charge in [0.2, 0.25) is 0 Å². The number of pyridine rings is 2. The number of halogens is 3. The molecule has 5 rings (SSSR count). The van der Waals surface area contributed by atoms with Crippen molar-refractivity contribution in [3.05, 3.63) is 82.1 Å². The van der Waals surface area contributed by atoms with Gasteiger partial charge in [-0.1, -0.05) is 6.07 Å². The third kappa shape index (κ3) is 5.36. The predicted molar refractivity (Wildman–Crippen MR) is 136 cm³/mol. The molecule has 4 N–H and O–H groups in total. The van der Waals surface area contributed by atoms with E-state index in [1.165, 1.54) is 11.3 Å². The van der Waals surface area contributed by atoms with E-state index in [-0.39, 0.29) is 11.6 Å². The van der Waals surface area contributed by atoms with Gasteiger partial charge in [0, 0.05) is 12.4 Å². The zero-order valence-corrected chi connectivity index (χ0v) is 20.8. The van der Waals surface area contributed by atoms with Gasteiger partial charge in [0.1, 0.15) is 28.0 Å². The summed E-state index contributed by atoms with van der Waals surface area (Å²) >= 11 is 1.27. The molecule has 38 heavy (non-hydrogen) atoms. The molecule has 0 saturated heterocycles. The number of nitrogens with zero attached hydrogens (tertiary/aromatic N) is 3. The smallest absolute Gasteiger partial charge is 0.512 e. The Bertz CT molecular complexity index is 1480. The number of nitrogens with one attached hydrogen (secondary N) is 1. The molecule has 8 nitrogen and oxygen atoms in total. The average molecular weight is 542 g/mol. The fourth-order valence-corrected chi connectivity index (χ4v) is 5.52. The number of benzene rings is 1. The Hall–Kier alpha value is -3.52. The largest absolute Gasteiger partial charge is 0.707 e. The minimum absolute atomic E-state index is 0.0130. The van der Waals surface area contributed by atoms with E-state index in [1.807, 2.05) is 13.0 Å². The highest BCUT2D eigenvalue weighted by molar-refractivity contribution is 7.15. The van der Waals surface area contributed by atoms with Crippen LogP contribution in [0, 0.1) is 6.92 Å². The van der Waals surface area contributed by atoms with Crippen molar-refractivity contribution in [1.82, 2.24) is 15.0 Å². The van der Waals surface area contributed by atoms with Crippen molar-refractivity contribution in [3.8, 4) is 16.3 Å². The number of thiazole rings is 1. The summed E-state index contributed by atoms with van der Waals surface area (Å²) in [4.78, 5) is 13.7. The molecule has 196 valence electrons.